The Labute approximate surface area is 416 Å². The van der Waals surface area contributed by atoms with Gasteiger partial charge in [-0.05, 0) is 78.0 Å². The van der Waals surface area contributed by atoms with Crippen molar-refractivity contribution in [2.24, 2.45) is 25.6 Å². The Bertz CT molecular complexity index is 2660. The van der Waals surface area contributed by atoms with Gasteiger partial charge in [-0.25, -0.2) is 8.42 Å². The van der Waals surface area contributed by atoms with Crippen molar-refractivity contribution >= 4 is 73.2 Å². The second-order valence-electron chi connectivity index (χ2n) is 11.5. The predicted molar refractivity (Wildman–Crippen MR) is 180 cm³/mol. The zero-order valence-electron chi connectivity index (χ0n) is 31.2. The average Bonchev–Trinajstić information content (AvgIpc) is 3.41. The maximum atomic E-state index is 13.0. The largest absolute Gasteiger partial charge is 1.00 e. The van der Waals surface area contributed by atoms with Gasteiger partial charge in [0.25, 0.3) is 5.91 Å². The van der Waals surface area contributed by atoms with E-state index >= 15 is 0 Å². The molecule has 1 heterocycles. The monoisotopic (exact) mass is 840 g/mol. The van der Waals surface area contributed by atoms with E-state index in [1.54, 1.807) is 37.3 Å². The Kier molecular flexibility index (Phi) is 18.1. The van der Waals surface area contributed by atoms with E-state index in [9.17, 15) is 57.7 Å². The summed E-state index contributed by atoms with van der Waals surface area (Å²) >= 11 is 0. The first-order valence-electron chi connectivity index (χ1n) is 15.2. The molecule has 5 aromatic carbocycles. The molecule has 1 aliphatic rings. The van der Waals surface area contributed by atoms with Crippen molar-refractivity contribution in [3.8, 4) is 22.6 Å². The number of rotatable bonds is 10. The molecule has 18 nitrogen and oxygen atoms in total. The van der Waals surface area contributed by atoms with Crippen LogP contribution >= 0.6 is 0 Å². The number of hydrazone groups is 1. The average molecular weight is 841 g/mol. The normalized spacial score (nSPS) is 13.6. The molecule has 0 spiro atoms. The van der Waals surface area contributed by atoms with E-state index in [2.05, 4.69) is 25.6 Å². The van der Waals surface area contributed by atoms with Crippen LogP contribution in [-0.4, -0.2) is 58.8 Å². The summed E-state index contributed by atoms with van der Waals surface area (Å²) in [6, 6.07) is 16.7. The second kappa shape index (κ2) is 20.7. The molecule has 272 valence electrons. The number of carbonyl (C=O) groups is 4. The minimum Gasteiger partial charge on any atom is -0.744 e. The number of carbonyl (C=O) groups excluding carboxylic acids is 4. The zero-order chi connectivity index (χ0) is 39.1. The molecular formula is C35H20N6Na4O12S. The first-order valence-corrected chi connectivity index (χ1v) is 16.6. The Hall–Kier alpha value is -3.38. The van der Waals surface area contributed by atoms with E-state index in [1.807, 2.05) is 0 Å². The minimum absolute atomic E-state index is 0. The van der Waals surface area contributed by atoms with E-state index in [1.165, 1.54) is 18.2 Å². The molecule has 58 heavy (non-hydrogen) atoms. The smallest absolute Gasteiger partial charge is 0.744 e. The fourth-order valence-electron chi connectivity index (χ4n) is 5.43. The number of aromatic hydroxyl groups is 2. The van der Waals surface area contributed by atoms with Gasteiger partial charge in [-0.15, -0.1) is 10.2 Å². The van der Waals surface area contributed by atoms with Gasteiger partial charge < -0.3 is 44.5 Å². The van der Waals surface area contributed by atoms with Crippen molar-refractivity contribution in [3.05, 3.63) is 102 Å². The number of hydrogen-bond donors (Lipinski definition) is 2. The van der Waals surface area contributed by atoms with Crippen LogP contribution in [0.15, 0.2) is 115 Å². The van der Waals surface area contributed by atoms with Gasteiger partial charge in [0.1, 0.15) is 21.6 Å². The van der Waals surface area contributed by atoms with Gasteiger partial charge >= 0.3 is 118 Å². The van der Waals surface area contributed by atoms with Crippen molar-refractivity contribution in [2.75, 3.05) is 5.01 Å². The van der Waals surface area contributed by atoms with E-state index in [0.29, 0.717) is 17.5 Å². The van der Waals surface area contributed by atoms with Gasteiger partial charge in [0.15, 0.2) is 11.8 Å². The molecule has 23 heteroatoms. The number of nitrogens with zero attached hydrogens (tertiary/aromatic N) is 6. The van der Waals surface area contributed by atoms with Gasteiger partial charge in [-0.3, -0.25) is 4.79 Å². The van der Waals surface area contributed by atoms with E-state index in [0.717, 1.165) is 35.3 Å². The number of anilines is 1. The molecule has 6 rings (SSSR count). The Morgan fingerprint density at radius 2 is 1.26 bits per heavy atom. The van der Waals surface area contributed by atoms with Gasteiger partial charge in [0.05, 0.1) is 45.6 Å². The number of phenols is 2. The molecule has 1 amide bonds. The number of hydrogen-bond acceptors (Lipinski definition) is 17. The van der Waals surface area contributed by atoms with Crippen molar-refractivity contribution in [1.82, 2.24) is 0 Å². The summed E-state index contributed by atoms with van der Waals surface area (Å²) in [7, 11) is -5.42. The quantitative estimate of drug-likeness (QED) is 0.0753. The molecule has 0 saturated carbocycles. The predicted octanol–water partition coefficient (Wildman–Crippen LogP) is -9.78. The summed E-state index contributed by atoms with van der Waals surface area (Å²) < 4.78 is 36.3. The number of phenolic OH excluding ortho intramolecular Hbond substituents is 1. The molecule has 0 fully saturated rings. The third-order valence-corrected chi connectivity index (χ3v) is 8.91. The summed E-state index contributed by atoms with van der Waals surface area (Å²) in [6.45, 7) is 1.56. The van der Waals surface area contributed by atoms with E-state index < -0.39 is 84.4 Å². The van der Waals surface area contributed by atoms with Crippen LogP contribution in [-0.2, 0) is 14.9 Å². The van der Waals surface area contributed by atoms with Crippen LogP contribution < -0.4 is 139 Å². The zero-order valence-corrected chi connectivity index (χ0v) is 40.0. The number of carboxylic acids is 3. The van der Waals surface area contributed by atoms with Crippen LogP contribution in [0.1, 0.15) is 38.0 Å². The molecule has 2 N–H and O–H groups in total. The number of azo groups is 2. The molecule has 1 unspecified atom stereocenters. The van der Waals surface area contributed by atoms with Gasteiger partial charge in [-0.2, -0.15) is 20.3 Å². The van der Waals surface area contributed by atoms with Gasteiger partial charge in [-0.1, -0.05) is 30.3 Å². The van der Waals surface area contributed by atoms with Crippen LogP contribution in [0.4, 0.5) is 22.7 Å². The molecule has 5 aromatic rings. The number of carboxylic acid groups (broad SMARTS) is 3. The number of amides is 1. The molecule has 0 aliphatic carbocycles. The summed E-state index contributed by atoms with van der Waals surface area (Å²) in [6.07, 6.45) is 0. The minimum atomic E-state index is -5.42. The standard InChI is InChI=1S/C35H24N6O12S.4Na/c1-16-29(32(44)41(40-16)20-5-3-2-4-6-20)38-36-25-9-7-17(11-22(25)33(45)46)18-8-10-26(23(12-18)34(47)48)37-39-30-28(54(51,52)53)14-19-13-24(35(49)50)27(42)15-21(19)31(30)43;;;;/h2-15,29,42-43H,1H3,(H,45,46)(H,47,48)(H,49,50)(H,51,52,53);;;;/q;4*+1/p-4. The number of aromatic carboxylic acids is 3. The van der Waals surface area contributed by atoms with Crippen molar-refractivity contribution < 1.29 is 176 Å². The number of benzene rings is 5. The summed E-state index contributed by atoms with van der Waals surface area (Å²) in [5.74, 6) is -7.72. The summed E-state index contributed by atoms with van der Waals surface area (Å²) in [5, 5.41) is 76.5. The summed E-state index contributed by atoms with van der Waals surface area (Å²) in [4.78, 5) is 47.4. The van der Waals surface area contributed by atoms with Crippen LogP contribution in [0.2, 0.25) is 0 Å². The second-order valence-corrected chi connectivity index (χ2v) is 12.8. The third-order valence-electron chi connectivity index (χ3n) is 8.06. The van der Waals surface area contributed by atoms with Crippen LogP contribution in [0.25, 0.3) is 21.9 Å². The molecule has 0 saturated heterocycles. The Morgan fingerprint density at radius 1 is 0.724 bits per heavy atom. The van der Waals surface area contributed by atoms with Crippen molar-refractivity contribution in [3.63, 3.8) is 0 Å². The fourth-order valence-corrected chi connectivity index (χ4v) is 6.08. The van der Waals surface area contributed by atoms with Crippen molar-refractivity contribution in [2.45, 2.75) is 17.9 Å². The van der Waals surface area contributed by atoms with E-state index in [4.69, 9.17) is 0 Å². The molecule has 0 radical (unpaired) electrons. The Morgan fingerprint density at radius 3 is 1.78 bits per heavy atom. The first kappa shape index (κ1) is 50.8. The molecular weight excluding hydrogens is 820 g/mol. The van der Waals surface area contributed by atoms with Crippen LogP contribution in [0, 0.1) is 0 Å². The third kappa shape index (κ3) is 10.7. The maximum Gasteiger partial charge on any atom is 1.00 e. The van der Waals surface area contributed by atoms with Crippen LogP contribution in [0.5, 0.6) is 11.5 Å². The van der Waals surface area contributed by atoms with Gasteiger partial charge in [0, 0.05) is 22.1 Å². The van der Waals surface area contributed by atoms with Crippen molar-refractivity contribution in [1.29, 1.82) is 0 Å². The first-order chi connectivity index (χ1) is 25.5. The summed E-state index contributed by atoms with van der Waals surface area (Å²) in [5.41, 5.74) is -2.43. The number of para-hydroxylation sites is 1. The molecule has 0 aromatic heterocycles. The maximum absolute atomic E-state index is 13.0. The molecule has 1 aliphatic heterocycles. The number of fused-ring (bicyclic) bond motifs is 1. The fraction of sp³-hybridized carbons (Fsp3) is 0.0571. The molecule has 0 bridgehead atoms. The SMILES string of the molecule is CC1=NN(c2ccccc2)C(=O)C1N=Nc1ccc(-c2ccc(N=Nc3c(S(=O)(=O)[O-])cc4cc(C(=O)[O-])c(O)cc4c3O)c(C(=O)[O-])c2)cc1C(=O)[O-].[Na+].[Na+].[Na+].[Na+]. The molecule has 1 atom stereocenters. The van der Waals surface area contributed by atoms with E-state index in [-0.39, 0.29) is 146 Å². The van der Waals surface area contributed by atoms with Crippen LogP contribution in [0.3, 0.4) is 0 Å². The topological polar surface area (TPSA) is 300 Å². The van der Waals surface area contributed by atoms with Gasteiger partial charge in [0.2, 0.25) is 0 Å². The Balaban J connectivity index is 0.00000290.